The van der Waals surface area contributed by atoms with Crippen molar-refractivity contribution in [1.29, 1.82) is 0 Å². The van der Waals surface area contributed by atoms with Gasteiger partial charge in [-0.05, 0) is 12.8 Å². The minimum atomic E-state index is 0.691. The fourth-order valence-corrected chi connectivity index (χ4v) is 4.03. The lowest BCUT2D eigenvalue weighted by atomic mass is 10.0. The van der Waals surface area contributed by atoms with Gasteiger partial charge in [-0.15, -0.1) is 11.3 Å². The fourth-order valence-electron chi connectivity index (χ4n) is 3.13. The first-order valence-electron chi connectivity index (χ1n) is 9.62. The summed E-state index contributed by atoms with van der Waals surface area (Å²) in [4.78, 5) is 5.89. The van der Waals surface area contributed by atoms with E-state index in [1.165, 1.54) is 74.6 Å². The standard InChI is InChI=1S/C21H32N2S/c1-2-3-4-5-6-7-8-9-10-14-17-19-20(23-21(22)24-19)18-15-12-11-13-16-18/h11-13,15-16H,2-10,14,17H2,1H3,(H2,22,23). The number of anilines is 1. The van der Waals surface area contributed by atoms with Crippen molar-refractivity contribution in [1.82, 2.24) is 4.98 Å². The van der Waals surface area contributed by atoms with Crippen molar-refractivity contribution < 1.29 is 0 Å². The molecular weight excluding hydrogens is 312 g/mol. The molecule has 0 bridgehead atoms. The molecule has 1 aromatic carbocycles. The first-order chi connectivity index (χ1) is 11.8. The molecule has 2 N–H and O–H groups in total. The molecule has 0 atom stereocenters. The molecule has 0 amide bonds. The monoisotopic (exact) mass is 344 g/mol. The van der Waals surface area contributed by atoms with Crippen LogP contribution < -0.4 is 5.73 Å². The van der Waals surface area contributed by atoms with Gasteiger partial charge in [-0.3, -0.25) is 0 Å². The van der Waals surface area contributed by atoms with Crippen LogP contribution in [0.2, 0.25) is 0 Å². The maximum Gasteiger partial charge on any atom is 0.180 e. The Bertz CT molecular complexity index is 562. The SMILES string of the molecule is CCCCCCCCCCCCc1sc(N)nc1-c1ccccc1. The molecule has 0 saturated carbocycles. The van der Waals surface area contributed by atoms with Crippen molar-refractivity contribution in [2.45, 2.75) is 77.6 Å². The number of hydrogen-bond acceptors (Lipinski definition) is 3. The number of nitrogens with zero attached hydrogens (tertiary/aromatic N) is 1. The molecule has 132 valence electrons. The number of nitrogen functional groups attached to an aromatic ring is 1. The Morgan fingerprint density at radius 1 is 0.833 bits per heavy atom. The van der Waals surface area contributed by atoms with Crippen molar-refractivity contribution >= 4 is 16.5 Å². The number of benzene rings is 1. The van der Waals surface area contributed by atoms with Gasteiger partial charge < -0.3 is 5.73 Å². The molecule has 0 aliphatic heterocycles. The van der Waals surface area contributed by atoms with Gasteiger partial charge in [-0.25, -0.2) is 4.98 Å². The molecule has 0 aliphatic carbocycles. The number of unbranched alkanes of at least 4 members (excludes halogenated alkanes) is 9. The molecule has 0 spiro atoms. The smallest absolute Gasteiger partial charge is 0.180 e. The maximum absolute atomic E-state index is 5.94. The summed E-state index contributed by atoms with van der Waals surface area (Å²) in [6, 6.07) is 10.4. The van der Waals surface area contributed by atoms with Crippen LogP contribution in [0.15, 0.2) is 30.3 Å². The van der Waals surface area contributed by atoms with Crippen LogP contribution in [0.1, 0.15) is 76.0 Å². The molecule has 1 aromatic heterocycles. The van der Waals surface area contributed by atoms with E-state index < -0.39 is 0 Å². The highest BCUT2D eigenvalue weighted by Crippen LogP contribution is 2.31. The zero-order valence-electron chi connectivity index (χ0n) is 15.1. The summed E-state index contributed by atoms with van der Waals surface area (Å²) in [5, 5.41) is 0.691. The maximum atomic E-state index is 5.94. The van der Waals surface area contributed by atoms with Crippen LogP contribution in [0, 0.1) is 0 Å². The average molecular weight is 345 g/mol. The minimum absolute atomic E-state index is 0.691. The Labute approximate surface area is 151 Å². The molecule has 2 rings (SSSR count). The molecule has 0 saturated heterocycles. The first kappa shape index (κ1) is 19.0. The molecule has 2 aromatic rings. The van der Waals surface area contributed by atoms with Gasteiger partial charge in [-0.2, -0.15) is 0 Å². The molecular formula is C21H32N2S. The summed E-state index contributed by atoms with van der Waals surface area (Å²) in [6.45, 7) is 2.28. The van der Waals surface area contributed by atoms with E-state index in [0.717, 1.165) is 12.1 Å². The summed E-state index contributed by atoms with van der Waals surface area (Å²) in [6.07, 6.45) is 14.9. The Morgan fingerprint density at radius 2 is 1.42 bits per heavy atom. The van der Waals surface area contributed by atoms with Crippen LogP contribution in [-0.4, -0.2) is 4.98 Å². The van der Waals surface area contributed by atoms with Crippen molar-refractivity contribution in [3.8, 4) is 11.3 Å². The number of rotatable bonds is 12. The Morgan fingerprint density at radius 3 is 2.04 bits per heavy atom. The summed E-state index contributed by atoms with van der Waals surface area (Å²) in [7, 11) is 0. The molecule has 0 fully saturated rings. The van der Waals surface area contributed by atoms with E-state index in [1.54, 1.807) is 11.3 Å². The molecule has 0 aliphatic rings. The van der Waals surface area contributed by atoms with E-state index in [9.17, 15) is 0 Å². The number of aryl methyl sites for hydroxylation is 1. The van der Waals surface area contributed by atoms with Gasteiger partial charge in [-0.1, -0.05) is 95.0 Å². The second kappa shape index (κ2) is 11.2. The molecule has 1 heterocycles. The predicted octanol–water partition coefficient (Wildman–Crippen LogP) is 6.86. The van der Waals surface area contributed by atoms with E-state index in [2.05, 4.69) is 36.2 Å². The fraction of sp³-hybridized carbons (Fsp3) is 0.571. The summed E-state index contributed by atoms with van der Waals surface area (Å²) in [5.41, 5.74) is 8.22. The van der Waals surface area contributed by atoms with Crippen molar-refractivity contribution in [2.24, 2.45) is 0 Å². The molecule has 0 radical (unpaired) electrons. The Hall–Kier alpha value is -1.35. The van der Waals surface area contributed by atoms with Gasteiger partial charge in [0.2, 0.25) is 0 Å². The van der Waals surface area contributed by atoms with Crippen LogP contribution in [0.5, 0.6) is 0 Å². The van der Waals surface area contributed by atoms with E-state index in [4.69, 9.17) is 5.73 Å². The van der Waals surface area contributed by atoms with Crippen LogP contribution in [-0.2, 0) is 6.42 Å². The van der Waals surface area contributed by atoms with Gasteiger partial charge >= 0.3 is 0 Å². The molecule has 2 nitrogen and oxygen atoms in total. The van der Waals surface area contributed by atoms with E-state index in [0.29, 0.717) is 5.13 Å². The summed E-state index contributed by atoms with van der Waals surface area (Å²) >= 11 is 1.66. The zero-order chi connectivity index (χ0) is 17.0. The van der Waals surface area contributed by atoms with Gasteiger partial charge in [0.25, 0.3) is 0 Å². The third-order valence-corrected chi connectivity index (χ3v) is 5.46. The van der Waals surface area contributed by atoms with Crippen LogP contribution in [0.3, 0.4) is 0 Å². The third kappa shape index (κ3) is 6.64. The van der Waals surface area contributed by atoms with Crippen molar-refractivity contribution in [3.05, 3.63) is 35.2 Å². The lowest BCUT2D eigenvalue weighted by molar-refractivity contribution is 0.557. The molecule has 0 unspecified atom stereocenters. The normalized spacial score (nSPS) is 11.0. The van der Waals surface area contributed by atoms with Crippen molar-refractivity contribution in [3.63, 3.8) is 0 Å². The highest BCUT2D eigenvalue weighted by atomic mass is 32.1. The zero-order valence-corrected chi connectivity index (χ0v) is 15.9. The average Bonchev–Trinajstić information content (AvgIpc) is 2.98. The van der Waals surface area contributed by atoms with Gasteiger partial charge in [0, 0.05) is 10.4 Å². The van der Waals surface area contributed by atoms with Gasteiger partial charge in [0.15, 0.2) is 5.13 Å². The second-order valence-corrected chi connectivity index (χ2v) is 7.74. The van der Waals surface area contributed by atoms with Crippen LogP contribution in [0.4, 0.5) is 5.13 Å². The number of nitrogens with two attached hydrogens (primary N) is 1. The lowest BCUT2D eigenvalue weighted by Gasteiger charge is -2.04. The minimum Gasteiger partial charge on any atom is -0.375 e. The highest BCUT2D eigenvalue weighted by Gasteiger charge is 2.11. The lowest BCUT2D eigenvalue weighted by Crippen LogP contribution is -1.88. The first-order valence-corrected chi connectivity index (χ1v) is 10.4. The Kier molecular flexibility index (Phi) is 8.90. The quantitative estimate of drug-likeness (QED) is 0.427. The Balaban J connectivity index is 1.65. The molecule has 24 heavy (non-hydrogen) atoms. The summed E-state index contributed by atoms with van der Waals surface area (Å²) < 4.78 is 0. The van der Waals surface area contributed by atoms with E-state index >= 15 is 0 Å². The largest absolute Gasteiger partial charge is 0.375 e. The van der Waals surface area contributed by atoms with Gasteiger partial charge in [0.1, 0.15) is 0 Å². The number of thiazole rings is 1. The highest BCUT2D eigenvalue weighted by molar-refractivity contribution is 7.15. The topological polar surface area (TPSA) is 38.9 Å². The van der Waals surface area contributed by atoms with E-state index in [1.807, 2.05) is 6.07 Å². The second-order valence-electron chi connectivity index (χ2n) is 6.62. The van der Waals surface area contributed by atoms with Crippen molar-refractivity contribution in [2.75, 3.05) is 5.73 Å². The van der Waals surface area contributed by atoms with Crippen LogP contribution in [0.25, 0.3) is 11.3 Å². The third-order valence-electron chi connectivity index (χ3n) is 4.52. The number of hydrogen-bond donors (Lipinski definition) is 1. The van der Waals surface area contributed by atoms with Crippen LogP contribution >= 0.6 is 11.3 Å². The predicted molar refractivity (Wildman–Crippen MR) is 108 cm³/mol. The van der Waals surface area contributed by atoms with Gasteiger partial charge in [0.05, 0.1) is 5.69 Å². The number of aromatic nitrogens is 1. The molecule has 3 heteroatoms. The van der Waals surface area contributed by atoms with E-state index in [-0.39, 0.29) is 0 Å². The summed E-state index contributed by atoms with van der Waals surface area (Å²) in [5.74, 6) is 0.